The van der Waals surface area contributed by atoms with Crippen molar-refractivity contribution in [3.05, 3.63) is 39.1 Å². The van der Waals surface area contributed by atoms with Gasteiger partial charge >= 0.3 is 0 Å². The van der Waals surface area contributed by atoms with Crippen molar-refractivity contribution in [2.24, 2.45) is 0 Å². The molecule has 2 rings (SSSR count). The topological polar surface area (TPSA) is 37.8 Å². The molecule has 3 nitrogen and oxygen atoms in total. The molecule has 0 aliphatic rings. The number of nitrogens with one attached hydrogen (secondary N) is 1. The molecule has 2 aromatic rings. The minimum atomic E-state index is 0.226. The van der Waals surface area contributed by atoms with Crippen LogP contribution in [0.5, 0.6) is 0 Å². The highest BCUT2D eigenvalue weighted by atomic mass is 35.5. The molecule has 17 heavy (non-hydrogen) atoms. The van der Waals surface area contributed by atoms with Gasteiger partial charge in [0.15, 0.2) is 0 Å². The Bertz CT molecular complexity index is 524. The number of thiazole rings is 1. The fourth-order valence-corrected chi connectivity index (χ4v) is 2.72. The SMILES string of the molecule is Cc1cc(Cl)ncc1NC(C)c1scnc1C. The summed E-state index contributed by atoms with van der Waals surface area (Å²) in [5, 5.41) is 3.95. The lowest BCUT2D eigenvalue weighted by molar-refractivity contribution is 0.886. The monoisotopic (exact) mass is 267 g/mol. The van der Waals surface area contributed by atoms with E-state index in [-0.39, 0.29) is 6.04 Å². The predicted molar refractivity (Wildman–Crippen MR) is 72.9 cm³/mol. The van der Waals surface area contributed by atoms with E-state index in [2.05, 4.69) is 22.2 Å². The minimum absolute atomic E-state index is 0.226. The van der Waals surface area contributed by atoms with Crippen molar-refractivity contribution in [3.63, 3.8) is 0 Å². The summed E-state index contributed by atoms with van der Waals surface area (Å²) in [5.74, 6) is 0. The van der Waals surface area contributed by atoms with E-state index in [0.717, 1.165) is 16.9 Å². The number of halogens is 1. The van der Waals surface area contributed by atoms with Crippen molar-refractivity contribution < 1.29 is 0 Å². The fourth-order valence-electron chi connectivity index (χ4n) is 1.70. The van der Waals surface area contributed by atoms with Crippen molar-refractivity contribution in [2.75, 3.05) is 5.32 Å². The maximum Gasteiger partial charge on any atom is 0.129 e. The first kappa shape index (κ1) is 12.3. The maximum absolute atomic E-state index is 5.83. The van der Waals surface area contributed by atoms with E-state index < -0.39 is 0 Å². The van der Waals surface area contributed by atoms with E-state index >= 15 is 0 Å². The molecule has 0 aliphatic carbocycles. The average Bonchev–Trinajstić information content (AvgIpc) is 2.68. The Labute approximate surface area is 110 Å². The summed E-state index contributed by atoms with van der Waals surface area (Å²) in [4.78, 5) is 9.59. The zero-order valence-corrected chi connectivity index (χ0v) is 11.6. The summed E-state index contributed by atoms with van der Waals surface area (Å²) >= 11 is 7.50. The maximum atomic E-state index is 5.83. The van der Waals surface area contributed by atoms with Crippen LogP contribution in [0.2, 0.25) is 5.15 Å². The number of aromatic nitrogens is 2. The molecule has 0 spiro atoms. The van der Waals surface area contributed by atoms with Crippen molar-refractivity contribution in [2.45, 2.75) is 26.8 Å². The third-order valence-electron chi connectivity index (χ3n) is 2.63. The third-order valence-corrected chi connectivity index (χ3v) is 3.95. The number of pyridine rings is 1. The van der Waals surface area contributed by atoms with Gasteiger partial charge in [-0.25, -0.2) is 9.97 Å². The Morgan fingerprint density at radius 2 is 2.12 bits per heavy atom. The van der Waals surface area contributed by atoms with Crippen LogP contribution in [0.4, 0.5) is 5.69 Å². The van der Waals surface area contributed by atoms with Crippen molar-refractivity contribution in [1.82, 2.24) is 9.97 Å². The lowest BCUT2D eigenvalue weighted by Crippen LogP contribution is -2.07. The summed E-state index contributed by atoms with van der Waals surface area (Å²) in [5.41, 5.74) is 5.05. The summed E-state index contributed by atoms with van der Waals surface area (Å²) in [7, 11) is 0. The van der Waals surface area contributed by atoms with Gasteiger partial charge in [-0.2, -0.15) is 0 Å². The second-order valence-electron chi connectivity index (χ2n) is 3.99. The molecular weight excluding hydrogens is 254 g/mol. The molecule has 2 heterocycles. The van der Waals surface area contributed by atoms with Gasteiger partial charge in [-0.15, -0.1) is 11.3 Å². The van der Waals surface area contributed by atoms with Crippen LogP contribution in [0.3, 0.4) is 0 Å². The highest BCUT2D eigenvalue weighted by molar-refractivity contribution is 7.09. The van der Waals surface area contributed by atoms with Gasteiger partial charge in [-0.05, 0) is 32.4 Å². The second kappa shape index (κ2) is 5.02. The summed E-state index contributed by atoms with van der Waals surface area (Å²) in [6.07, 6.45) is 1.77. The average molecular weight is 268 g/mol. The first-order valence-electron chi connectivity index (χ1n) is 5.36. The highest BCUT2D eigenvalue weighted by Gasteiger charge is 2.12. The highest BCUT2D eigenvalue weighted by Crippen LogP contribution is 2.26. The van der Waals surface area contributed by atoms with Gasteiger partial charge in [0, 0.05) is 4.88 Å². The molecule has 2 aromatic heterocycles. The second-order valence-corrected chi connectivity index (χ2v) is 5.26. The molecular formula is C12H14ClN3S. The first-order chi connectivity index (χ1) is 8.08. The molecule has 5 heteroatoms. The number of nitrogens with zero attached hydrogens (tertiary/aromatic N) is 2. The van der Waals surface area contributed by atoms with Crippen molar-refractivity contribution in [3.8, 4) is 0 Å². The summed E-state index contributed by atoms with van der Waals surface area (Å²) in [6.45, 7) is 6.16. The van der Waals surface area contributed by atoms with Crippen molar-refractivity contribution >= 4 is 28.6 Å². The Morgan fingerprint density at radius 3 is 2.71 bits per heavy atom. The van der Waals surface area contributed by atoms with Crippen molar-refractivity contribution in [1.29, 1.82) is 0 Å². The first-order valence-corrected chi connectivity index (χ1v) is 6.62. The van der Waals surface area contributed by atoms with E-state index in [1.165, 1.54) is 4.88 Å². The number of hydrogen-bond acceptors (Lipinski definition) is 4. The van der Waals surface area contributed by atoms with Crippen LogP contribution in [0.1, 0.15) is 29.1 Å². The molecule has 0 saturated heterocycles. The quantitative estimate of drug-likeness (QED) is 0.855. The zero-order valence-electron chi connectivity index (χ0n) is 9.99. The van der Waals surface area contributed by atoms with E-state index in [1.54, 1.807) is 17.5 Å². The van der Waals surface area contributed by atoms with Gasteiger partial charge in [0.2, 0.25) is 0 Å². The number of aryl methyl sites for hydroxylation is 2. The van der Waals surface area contributed by atoms with Gasteiger partial charge in [0.1, 0.15) is 5.15 Å². The molecule has 1 N–H and O–H groups in total. The van der Waals surface area contributed by atoms with Gasteiger partial charge in [-0.3, -0.25) is 0 Å². The lowest BCUT2D eigenvalue weighted by Gasteiger charge is -2.16. The van der Waals surface area contributed by atoms with Crippen LogP contribution >= 0.6 is 22.9 Å². The largest absolute Gasteiger partial charge is 0.376 e. The fraction of sp³-hybridized carbons (Fsp3) is 0.333. The lowest BCUT2D eigenvalue weighted by atomic mass is 10.2. The van der Waals surface area contributed by atoms with Crippen LogP contribution in [-0.4, -0.2) is 9.97 Å². The predicted octanol–water partition coefficient (Wildman–Crippen LogP) is 3.98. The molecule has 0 saturated carbocycles. The Morgan fingerprint density at radius 1 is 1.35 bits per heavy atom. The van der Waals surface area contributed by atoms with Crippen LogP contribution in [0, 0.1) is 13.8 Å². The molecule has 1 atom stereocenters. The number of rotatable bonds is 3. The van der Waals surface area contributed by atoms with E-state index in [0.29, 0.717) is 5.15 Å². The molecule has 0 amide bonds. The number of hydrogen-bond donors (Lipinski definition) is 1. The van der Waals surface area contributed by atoms with Gasteiger partial charge < -0.3 is 5.32 Å². The summed E-state index contributed by atoms with van der Waals surface area (Å²) in [6, 6.07) is 2.08. The van der Waals surface area contributed by atoms with E-state index in [4.69, 9.17) is 11.6 Å². The molecule has 1 unspecified atom stereocenters. The normalized spacial score (nSPS) is 12.5. The third kappa shape index (κ3) is 2.76. The molecule has 90 valence electrons. The zero-order chi connectivity index (χ0) is 12.4. The van der Waals surface area contributed by atoms with Gasteiger partial charge in [0.25, 0.3) is 0 Å². The molecule has 0 aliphatic heterocycles. The Hall–Kier alpha value is -1.13. The summed E-state index contributed by atoms with van der Waals surface area (Å²) < 4.78 is 0. The van der Waals surface area contributed by atoms with Crippen LogP contribution in [-0.2, 0) is 0 Å². The van der Waals surface area contributed by atoms with E-state index in [9.17, 15) is 0 Å². The standard InChI is InChI=1S/C12H14ClN3S/c1-7-4-11(13)14-5-10(7)16-9(3)12-8(2)15-6-17-12/h4-6,9,16H,1-3H3. The Kier molecular flexibility index (Phi) is 3.64. The van der Waals surface area contributed by atoms with Crippen LogP contribution in [0.25, 0.3) is 0 Å². The van der Waals surface area contributed by atoms with Gasteiger partial charge in [0.05, 0.1) is 29.1 Å². The van der Waals surface area contributed by atoms with Crippen LogP contribution in [0.15, 0.2) is 17.8 Å². The van der Waals surface area contributed by atoms with Crippen LogP contribution < -0.4 is 5.32 Å². The molecule has 0 fully saturated rings. The van der Waals surface area contributed by atoms with Gasteiger partial charge in [-0.1, -0.05) is 11.6 Å². The smallest absolute Gasteiger partial charge is 0.129 e. The van der Waals surface area contributed by atoms with E-state index in [1.807, 2.05) is 25.4 Å². The molecule has 0 radical (unpaired) electrons. The minimum Gasteiger partial charge on any atom is -0.376 e. The molecule has 0 aromatic carbocycles. The Balaban J connectivity index is 2.19. The molecule has 0 bridgehead atoms. The number of anilines is 1.